The topological polar surface area (TPSA) is 56.4 Å². The molecule has 5 rings (SSSR count). The van der Waals surface area contributed by atoms with Gasteiger partial charge in [-0.3, -0.25) is 9.59 Å². The number of nitrogens with zero attached hydrogens (tertiary/aromatic N) is 2. The van der Waals surface area contributed by atoms with Crippen LogP contribution in [0, 0.1) is 6.92 Å². The molecule has 0 radical (unpaired) electrons. The van der Waals surface area contributed by atoms with E-state index in [2.05, 4.69) is 17.1 Å². The standard InChI is InChI=1S/C30H31N3O2/c1-22-11-13-24(14-12-22)30(35)33(26-15-16-26)21-29(34)32(20-23-7-3-2-4-8-23)18-17-25-19-31-28-10-6-5-9-27(25)28/h2-14,19,26,31H,15-18,20-21H2,1H3. The van der Waals surface area contributed by atoms with Gasteiger partial charge in [0.05, 0.1) is 0 Å². The van der Waals surface area contributed by atoms with Gasteiger partial charge in [0.1, 0.15) is 6.54 Å². The Bertz CT molecular complexity index is 1310. The third-order valence-corrected chi connectivity index (χ3v) is 6.75. The molecular formula is C30H31N3O2. The van der Waals surface area contributed by atoms with Crippen molar-refractivity contribution in [2.75, 3.05) is 13.1 Å². The molecule has 3 aromatic carbocycles. The van der Waals surface area contributed by atoms with Crippen molar-refractivity contribution in [3.63, 3.8) is 0 Å². The molecule has 0 unspecified atom stereocenters. The highest BCUT2D eigenvalue weighted by molar-refractivity contribution is 5.97. The lowest BCUT2D eigenvalue weighted by Gasteiger charge is -2.28. The van der Waals surface area contributed by atoms with Gasteiger partial charge in [0.2, 0.25) is 5.91 Å². The minimum atomic E-state index is -0.0582. The van der Waals surface area contributed by atoms with Gasteiger partial charge in [-0.25, -0.2) is 0 Å². The molecule has 5 heteroatoms. The quantitative estimate of drug-likeness (QED) is 0.362. The molecule has 1 aromatic heterocycles. The first-order valence-corrected chi connectivity index (χ1v) is 12.3. The number of aryl methyl sites for hydroxylation is 1. The summed E-state index contributed by atoms with van der Waals surface area (Å²) >= 11 is 0. The summed E-state index contributed by atoms with van der Waals surface area (Å²) in [5, 5.41) is 1.19. The zero-order chi connectivity index (χ0) is 24.2. The second kappa shape index (κ2) is 10.2. The number of benzene rings is 3. The average molecular weight is 466 g/mol. The molecule has 4 aromatic rings. The van der Waals surface area contributed by atoms with Crippen molar-refractivity contribution < 1.29 is 9.59 Å². The van der Waals surface area contributed by atoms with Crippen LogP contribution in [0.15, 0.2) is 85.1 Å². The zero-order valence-electron chi connectivity index (χ0n) is 20.1. The first kappa shape index (κ1) is 22.9. The summed E-state index contributed by atoms with van der Waals surface area (Å²) in [7, 11) is 0. The second-order valence-electron chi connectivity index (χ2n) is 9.44. The Balaban J connectivity index is 1.34. The van der Waals surface area contributed by atoms with Gasteiger partial charge in [0, 0.05) is 41.8 Å². The number of fused-ring (bicyclic) bond motifs is 1. The summed E-state index contributed by atoms with van der Waals surface area (Å²) in [6.07, 6.45) is 4.70. The maximum atomic E-state index is 13.6. The highest BCUT2D eigenvalue weighted by Crippen LogP contribution is 2.28. The fraction of sp³-hybridized carbons (Fsp3) is 0.267. The number of para-hydroxylation sites is 1. The normalized spacial score (nSPS) is 13.1. The van der Waals surface area contributed by atoms with Gasteiger partial charge in [-0.2, -0.15) is 0 Å². The fourth-order valence-electron chi connectivity index (χ4n) is 4.55. The number of H-pyrrole nitrogens is 1. The van der Waals surface area contributed by atoms with Crippen LogP contribution < -0.4 is 0 Å². The van der Waals surface area contributed by atoms with E-state index in [-0.39, 0.29) is 24.4 Å². The molecule has 35 heavy (non-hydrogen) atoms. The molecule has 0 spiro atoms. The first-order valence-electron chi connectivity index (χ1n) is 12.3. The number of carbonyl (C=O) groups excluding carboxylic acids is 2. The molecule has 0 bridgehead atoms. The number of amides is 2. The Morgan fingerprint density at radius 3 is 2.37 bits per heavy atom. The van der Waals surface area contributed by atoms with Crippen molar-refractivity contribution in [2.24, 2.45) is 0 Å². The van der Waals surface area contributed by atoms with Crippen LogP contribution in [0.4, 0.5) is 0 Å². The maximum absolute atomic E-state index is 13.6. The third kappa shape index (κ3) is 5.46. The van der Waals surface area contributed by atoms with Gasteiger partial charge in [0.15, 0.2) is 0 Å². The molecule has 1 aliphatic rings. The number of rotatable bonds is 9. The Kier molecular flexibility index (Phi) is 6.66. The van der Waals surface area contributed by atoms with E-state index in [9.17, 15) is 9.59 Å². The van der Waals surface area contributed by atoms with Crippen LogP contribution in [0.1, 0.15) is 39.9 Å². The fourth-order valence-corrected chi connectivity index (χ4v) is 4.55. The van der Waals surface area contributed by atoms with Gasteiger partial charge < -0.3 is 14.8 Å². The molecule has 1 aliphatic carbocycles. The van der Waals surface area contributed by atoms with E-state index < -0.39 is 0 Å². The highest BCUT2D eigenvalue weighted by Gasteiger charge is 2.35. The lowest BCUT2D eigenvalue weighted by molar-refractivity contribution is -0.132. The van der Waals surface area contributed by atoms with E-state index in [1.807, 2.05) is 84.8 Å². The monoisotopic (exact) mass is 465 g/mol. The Labute approximate surface area is 206 Å². The van der Waals surface area contributed by atoms with Crippen molar-refractivity contribution in [3.05, 3.63) is 107 Å². The van der Waals surface area contributed by atoms with E-state index in [0.717, 1.165) is 35.9 Å². The average Bonchev–Trinajstić information content (AvgIpc) is 3.65. The maximum Gasteiger partial charge on any atom is 0.254 e. The molecule has 178 valence electrons. The summed E-state index contributed by atoms with van der Waals surface area (Å²) in [6.45, 7) is 3.23. The van der Waals surface area contributed by atoms with Crippen molar-refractivity contribution >= 4 is 22.7 Å². The van der Waals surface area contributed by atoms with Crippen LogP contribution >= 0.6 is 0 Å². The number of aromatic nitrogens is 1. The molecule has 0 aliphatic heterocycles. The summed E-state index contributed by atoms with van der Waals surface area (Å²) < 4.78 is 0. The predicted molar refractivity (Wildman–Crippen MR) is 139 cm³/mol. The minimum absolute atomic E-state index is 0.0129. The summed E-state index contributed by atoms with van der Waals surface area (Å²) in [4.78, 5) is 33.9. The van der Waals surface area contributed by atoms with Crippen molar-refractivity contribution in [1.82, 2.24) is 14.8 Å². The van der Waals surface area contributed by atoms with Crippen LogP contribution in [-0.4, -0.2) is 45.7 Å². The largest absolute Gasteiger partial charge is 0.361 e. The smallest absolute Gasteiger partial charge is 0.254 e. The van der Waals surface area contributed by atoms with Gasteiger partial charge in [-0.1, -0.05) is 66.2 Å². The Morgan fingerprint density at radius 1 is 0.914 bits per heavy atom. The van der Waals surface area contributed by atoms with Crippen LogP contribution in [0.3, 0.4) is 0 Å². The van der Waals surface area contributed by atoms with Gasteiger partial charge >= 0.3 is 0 Å². The summed E-state index contributed by atoms with van der Waals surface area (Å²) in [5.74, 6) is -0.0711. The molecule has 1 N–H and O–H groups in total. The van der Waals surface area contributed by atoms with E-state index in [4.69, 9.17) is 0 Å². The molecule has 1 heterocycles. The Hall–Kier alpha value is -3.86. The number of hydrogen-bond donors (Lipinski definition) is 1. The van der Waals surface area contributed by atoms with Crippen molar-refractivity contribution in [2.45, 2.75) is 38.8 Å². The highest BCUT2D eigenvalue weighted by atomic mass is 16.2. The van der Waals surface area contributed by atoms with Gasteiger partial charge in [-0.15, -0.1) is 0 Å². The molecule has 0 saturated heterocycles. The molecule has 1 fully saturated rings. The van der Waals surface area contributed by atoms with Crippen LogP contribution in [-0.2, 0) is 17.8 Å². The van der Waals surface area contributed by atoms with Crippen LogP contribution in [0.2, 0.25) is 0 Å². The number of carbonyl (C=O) groups is 2. The van der Waals surface area contributed by atoms with E-state index >= 15 is 0 Å². The number of aromatic amines is 1. The summed E-state index contributed by atoms with van der Waals surface area (Å²) in [6, 6.07) is 26.1. The zero-order valence-corrected chi connectivity index (χ0v) is 20.1. The second-order valence-corrected chi connectivity index (χ2v) is 9.44. The molecule has 0 atom stereocenters. The van der Waals surface area contributed by atoms with E-state index in [1.54, 1.807) is 4.90 Å². The SMILES string of the molecule is Cc1ccc(C(=O)N(CC(=O)N(CCc2c[nH]c3ccccc23)Cc2ccccc2)C2CC2)cc1. The predicted octanol–water partition coefficient (Wildman–Crippen LogP) is 5.35. The number of nitrogens with one attached hydrogen (secondary N) is 1. The van der Waals surface area contributed by atoms with Gasteiger partial charge in [-0.05, 0) is 55.5 Å². The molecular weight excluding hydrogens is 434 g/mol. The molecule has 5 nitrogen and oxygen atoms in total. The third-order valence-electron chi connectivity index (χ3n) is 6.75. The van der Waals surface area contributed by atoms with Crippen molar-refractivity contribution in [1.29, 1.82) is 0 Å². The van der Waals surface area contributed by atoms with E-state index in [1.165, 1.54) is 10.9 Å². The summed E-state index contributed by atoms with van der Waals surface area (Å²) in [5.41, 5.74) is 5.14. The lowest BCUT2D eigenvalue weighted by atomic mass is 10.1. The Morgan fingerprint density at radius 2 is 1.63 bits per heavy atom. The van der Waals surface area contributed by atoms with Gasteiger partial charge in [0.25, 0.3) is 5.91 Å². The first-order chi connectivity index (χ1) is 17.1. The van der Waals surface area contributed by atoms with Crippen LogP contribution in [0.25, 0.3) is 10.9 Å². The van der Waals surface area contributed by atoms with Crippen LogP contribution in [0.5, 0.6) is 0 Å². The lowest BCUT2D eigenvalue weighted by Crippen LogP contribution is -2.44. The van der Waals surface area contributed by atoms with E-state index in [0.29, 0.717) is 18.7 Å². The van der Waals surface area contributed by atoms with Crippen molar-refractivity contribution in [3.8, 4) is 0 Å². The minimum Gasteiger partial charge on any atom is -0.361 e. The number of hydrogen-bond acceptors (Lipinski definition) is 2. The molecule has 2 amide bonds. The molecule has 1 saturated carbocycles.